The molecule has 1 fully saturated rings. The van der Waals surface area contributed by atoms with E-state index >= 15 is 0 Å². The summed E-state index contributed by atoms with van der Waals surface area (Å²) in [5.41, 5.74) is 1.59. The van der Waals surface area contributed by atoms with E-state index < -0.39 is 0 Å². The summed E-state index contributed by atoms with van der Waals surface area (Å²) < 4.78 is 15.1. The molecular weight excluding hydrogens is 394 g/mol. The van der Waals surface area contributed by atoms with Crippen molar-refractivity contribution in [3.05, 3.63) is 59.4 Å². The van der Waals surface area contributed by atoms with Gasteiger partial charge in [0.1, 0.15) is 5.82 Å². The van der Waals surface area contributed by atoms with Crippen molar-refractivity contribution in [1.82, 2.24) is 29.8 Å². The third-order valence-corrected chi connectivity index (χ3v) is 4.36. The number of carbonyl (C=O) groups excluding carboxylic acids is 1. The topological polar surface area (TPSA) is 75.4 Å². The molecule has 1 atom stereocenters. The Balaban J connectivity index is 0.00000131. The first-order valence-corrected chi connectivity index (χ1v) is 8.09. The van der Waals surface area contributed by atoms with E-state index in [1.54, 1.807) is 27.7 Å². The Bertz CT molecular complexity index is 950. The summed E-state index contributed by atoms with van der Waals surface area (Å²) in [7, 11) is 0. The van der Waals surface area contributed by atoms with Crippen LogP contribution < -0.4 is 5.32 Å². The number of halogens is 3. The first-order valence-electron chi connectivity index (χ1n) is 8.09. The van der Waals surface area contributed by atoms with E-state index in [9.17, 15) is 9.18 Å². The maximum atomic E-state index is 13.6. The zero-order chi connectivity index (χ0) is 17.4. The fraction of sp³-hybridized carbons (Fsp3) is 0.294. The van der Waals surface area contributed by atoms with Crippen LogP contribution in [0.15, 0.2) is 36.5 Å². The predicted molar refractivity (Wildman–Crippen MR) is 103 cm³/mol. The van der Waals surface area contributed by atoms with E-state index in [-0.39, 0.29) is 48.4 Å². The molecule has 1 aromatic carbocycles. The second-order valence-corrected chi connectivity index (χ2v) is 6.01. The van der Waals surface area contributed by atoms with Gasteiger partial charge in [0.25, 0.3) is 11.7 Å². The molecule has 27 heavy (non-hydrogen) atoms. The van der Waals surface area contributed by atoms with Crippen molar-refractivity contribution in [2.45, 2.75) is 13.0 Å². The molecule has 1 aliphatic heterocycles. The molecule has 0 radical (unpaired) electrons. The van der Waals surface area contributed by atoms with Crippen LogP contribution in [0.25, 0.3) is 5.78 Å². The van der Waals surface area contributed by atoms with E-state index in [2.05, 4.69) is 20.4 Å². The summed E-state index contributed by atoms with van der Waals surface area (Å²) in [5, 5.41) is 7.54. The maximum absolute atomic E-state index is 13.6. The smallest absolute Gasteiger partial charge is 0.294 e. The number of amides is 1. The summed E-state index contributed by atoms with van der Waals surface area (Å²) in [6.45, 7) is 3.60. The van der Waals surface area contributed by atoms with Crippen LogP contribution in [0.2, 0.25) is 0 Å². The maximum Gasteiger partial charge on any atom is 0.294 e. The number of nitrogens with zero attached hydrogens (tertiary/aromatic N) is 5. The normalized spacial score (nSPS) is 16.5. The number of piperazine rings is 1. The SMILES string of the molecule is Cc1ccnc2nc(C(=O)N3CCNCC3c3cccc(F)c3)nn12.Cl.Cl. The van der Waals surface area contributed by atoms with Gasteiger partial charge in [-0.25, -0.2) is 13.9 Å². The van der Waals surface area contributed by atoms with E-state index in [0.717, 1.165) is 11.3 Å². The Hall–Kier alpha value is -2.29. The van der Waals surface area contributed by atoms with Gasteiger partial charge in [0.2, 0.25) is 5.82 Å². The summed E-state index contributed by atoms with van der Waals surface area (Å²) in [6, 6.07) is 7.86. The first-order chi connectivity index (χ1) is 12.1. The van der Waals surface area contributed by atoms with Gasteiger partial charge in [-0.3, -0.25) is 4.79 Å². The molecule has 10 heteroatoms. The lowest BCUT2D eigenvalue weighted by molar-refractivity contribution is 0.0621. The fourth-order valence-electron chi connectivity index (χ4n) is 3.08. The second kappa shape index (κ2) is 8.60. The molecule has 0 spiro atoms. The van der Waals surface area contributed by atoms with Crippen molar-refractivity contribution in [3.63, 3.8) is 0 Å². The Labute approximate surface area is 167 Å². The van der Waals surface area contributed by atoms with Crippen LogP contribution in [0.1, 0.15) is 27.9 Å². The lowest BCUT2D eigenvalue weighted by Gasteiger charge is -2.35. The van der Waals surface area contributed by atoms with E-state index in [4.69, 9.17) is 0 Å². The van der Waals surface area contributed by atoms with E-state index in [0.29, 0.717) is 25.4 Å². The number of fused-ring (bicyclic) bond motifs is 1. The van der Waals surface area contributed by atoms with Crippen molar-refractivity contribution >= 4 is 36.5 Å². The van der Waals surface area contributed by atoms with E-state index in [1.807, 2.05) is 13.0 Å². The number of nitrogens with one attached hydrogen (secondary N) is 1. The third-order valence-electron chi connectivity index (χ3n) is 4.36. The number of aryl methyl sites for hydroxylation is 1. The summed E-state index contributed by atoms with van der Waals surface area (Å²) >= 11 is 0. The first kappa shape index (κ1) is 21.0. The van der Waals surface area contributed by atoms with Gasteiger partial charge >= 0.3 is 0 Å². The molecule has 0 bridgehead atoms. The number of aromatic nitrogens is 4. The van der Waals surface area contributed by atoms with Crippen LogP contribution in [0.4, 0.5) is 4.39 Å². The molecule has 4 rings (SSSR count). The number of rotatable bonds is 2. The number of hydrogen-bond donors (Lipinski definition) is 1. The molecule has 1 amide bonds. The van der Waals surface area contributed by atoms with Gasteiger partial charge in [-0.2, -0.15) is 4.98 Å². The zero-order valence-electron chi connectivity index (χ0n) is 14.5. The van der Waals surface area contributed by atoms with Gasteiger partial charge in [-0.05, 0) is 30.7 Å². The summed E-state index contributed by atoms with van der Waals surface area (Å²) in [5.74, 6) is -0.104. The van der Waals surface area contributed by atoms with Gasteiger partial charge in [0.05, 0.1) is 6.04 Å². The van der Waals surface area contributed by atoms with Gasteiger partial charge in [0, 0.05) is 31.5 Å². The van der Waals surface area contributed by atoms with Crippen LogP contribution in [0.5, 0.6) is 0 Å². The molecule has 0 aliphatic carbocycles. The Kier molecular flexibility index (Phi) is 6.69. The minimum Gasteiger partial charge on any atom is -0.326 e. The Morgan fingerprint density at radius 2 is 2.11 bits per heavy atom. The minimum atomic E-state index is -0.318. The average Bonchev–Trinajstić information content (AvgIpc) is 3.07. The van der Waals surface area contributed by atoms with Gasteiger partial charge in [-0.15, -0.1) is 29.9 Å². The fourth-order valence-corrected chi connectivity index (χ4v) is 3.08. The highest BCUT2D eigenvalue weighted by Gasteiger charge is 2.31. The number of carbonyl (C=O) groups is 1. The molecule has 7 nitrogen and oxygen atoms in total. The number of benzene rings is 1. The monoisotopic (exact) mass is 412 g/mol. The second-order valence-electron chi connectivity index (χ2n) is 6.01. The van der Waals surface area contributed by atoms with Gasteiger partial charge in [0.15, 0.2) is 0 Å². The van der Waals surface area contributed by atoms with Crippen molar-refractivity contribution in [2.75, 3.05) is 19.6 Å². The molecule has 1 N–H and O–H groups in total. The highest BCUT2D eigenvalue weighted by Crippen LogP contribution is 2.24. The Morgan fingerprint density at radius 3 is 2.85 bits per heavy atom. The molecule has 0 saturated carbocycles. The molecule has 3 heterocycles. The van der Waals surface area contributed by atoms with Gasteiger partial charge < -0.3 is 10.2 Å². The molecule has 1 unspecified atom stereocenters. The summed E-state index contributed by atoms with van der Waals surface area (Å²) in [6.07, 6.45) is 1.63. The molecular formula is C17H19Cl2FN6O. The molecule has 144 valence electrons. The van der Waals surface area contributed by atoms with Gasteiger partial charge in [-0.1, -0.05) is 12.1 Å². The average molecular weight is 413 g/mol. The third kappa shape index (κ3) is 4.02. The van der Waals surface area contributed by atoms with E-state index in [1.165, 1.54) is 12.1 Å². The van der Waals surface area contributed by atoms with Crippen LogP contribution in [-0.2, 0) is 0 Å². The van der Waals surface area contributed by atoms with Crippen molar-refractivity contribution in [2.24, 2.45) is 0 Å². The molecule has 1 aliphatic rings. The predicted octanol–water partition coefficient (Wildman–Crippen LogP) is 2.20. The number of hydrogen-bond acceptors (Lipinski definition) is 5. The lowest BCUT2D eigenvalue weighted by atomic mass is 10.0. The minimum absolute atomic E-state index is 0. The van der Waals surface area contributed by atoms with Crippen LogP contribution in [0, 0.1) is 12.7 Å². The summed E-state index contributed by atoms with van der Waals surface area (Å²) in [4.78, 5) is 23.1. The molecule has 2 aromatic heterocycles. The van der Waals surface area contributed by atoms with Crippen LogP contribution in [0.3, 0.4) is 0 Å². The van der Waals surface area contributed by atoms with Crippen molar-refractivity contribution in [1.29, 1.82) is 0 Å². The molecule has 3 aromatic rings. The van der Waals surface area contributed by atoms with Crippen molar-refractivity contribution in [3.8, 4) is 0 Å². The molecule has 1 saturated heterocycles. The van der Waals surface area contributed by atoms with Crippen LogP contribution in [-0.4, -0.2) is 50.0 Å². The Morgan fingerprint density at radius 1 is 1.30 bits per heavy atom. The van der Waals surface area contributed by atoms with Crippen molar-refractivity contribution < 1.29 is 9.18 Å². The lowest BCUT2D eigenvalue weighted by Crippen LogP contribution is -2.49. The standard InChI is InChI=1S/C17H17FN6O.2ClH/c1-11-5-6-20-17-21-15(22-24(11)17)16(25)23-8-7-19-10-14(23)12-3-2-4-13(18)9-12;;/h2-6,9,14,19H,7-8,10H2,1H3;2*1H. The highest BCUT2D eigenvalue weighted by molar-refractivity contribution is 5.91. The highest BCUT2D eigenvalue weighted by atomic mass is 35.5. The quantitative estimate of drug-likeness (QED) is 0.697. The van der Waals surface area contributed by atoms with Crippen LogP contribution >= 0.6 is 24.8 Å². The largest absolute Gasteiger partial charge is 0.326 e. The zero-order valence-corrected chi connectivity index (χ0v) is 16.1.